The molecule has 0 unspecified atom stereocenters. The van der Waals surface area contributed by atoms with Gasteiger partial charge in [0.15, 0.2) is 0 Å². The summed E-state index contributed by atoms with van der Waals surface area (Å²) in [5.74, 6) is -1.00. The molecule has 1 aromatic carbocycles. The third-order valence-electron chi connectivity index (χ3n) is 2.79. The normalized spacial score (nSPS) is 15.1. The highest BCUT2D eigenvalue weighted by molar-refractivity contribution is 5.95. The van der Waals surface area contributed by atoms with Crippen LogP contribution in [0.2, 0.25) is 0 Å². The van der Waals surface area contributed by atoms with Crippen molar-refractivity contribution >= 4 is 17.3 Å². The van der Waals surface area contributed by atoms with Gasteiger partial charge in [0.1, 0.15) is 0 Å². The third-order valence-corrected chi connectivity index (χ3v) is 2.79. The molecule has 0 amide bonds. The zero-order valence-electron chi connectivity index (χ0n) is 8.77. The molecule has 0 bridgehead atoms. The Hall–Kier alpha value is -1.91. The molecule has 1 saturated heterocycles. The van der Waals surface area contributed by atoms with Crippen molar-refractivity contribution in [1.29, 1.82) is 0 Å². The van der Waals surface area contributed by atoms with Gasteiger partial charge in [-0.05, 0) is 18.9 Å². The largest absolute Gasteiger partial charge is 0.478 e. The molecule has 5 heteroatoms. The zero-order valence-corrected chi connectivity index (χ0v) is 8.77. The first-order chi connectivity index (χ1) is 7.72. The molecule has 0 saturated carbocycles. The van der Waals surface area contributed by atoms with Crippen molar-refractivity contribution < 1.29 is 15.1 Å². The van der Waals surface area contributed by atoms with Gasteiger partial charge in [-0.25, -0.2) is 4.79 Å². The van der Waals surface area contributed by atoms with E-state index in [4.69, 9.17) is 5.11 Å². The molecular formula is C11H13N2O3+. The number of benzene rings is 1. The number of carboxylic acid groups (broad SMARTS) is 1. The number of carboxylic acids is 1. The quantitative estimate of drug-likeness (QED) is 0.778. The fraction of sp³-hybridized carbons (Fsp3) is 0.364. The van der Waals surface area contributed by atoms with Gasteiger partial charge >= 0.3 is 5.97 Å². The number of hydrogen-bond donors (Lipinski definition) is 2. The second-order valence-corrected chi connectivity index (χ2v) is 3.83. The predicted octanol–water partition coefficient (Wildman–Crippen LogP) is 0.463. The molecular weight excluding hydrogens is 208 g/mol. The molecule has 1 aliphatic rings. The van der Waals surface area contributed by atoms with Crippen molar-refractivity contribution in [3.63, 3.8) is 0 Å². The van der Waals surface area contributed by atoms with Crippen LogP contribution in [0.5, 0.6) is 0 Å². The number of nitroso groups, excluding NO2 is 1. The maximum atomic E-state index is 11.1. The SMILES string of the molecule is O=[NH+]c1ccc(N2CCCC2)c(C(=O)O)c1. The highest BCUT2D eigenvalue weighted by atomic mass is 16.4. The van der Waals surface area contributed by atoms with E-state index in [0.29, 0.717) is 5.69 Å². The molecule has 0 atom stereocenters. The highest BCUT2D eigenvalue weighted by Crippen LogP contribution is 2.26. The molecule has 2 rings (SSSR count). The van der Waals surface area contributed by atoms with E-state index in [2.05, 4.69) is 0 Å². The number of nitrogens with zero attached hydrogens (tertiary/aromatic N) is 1. The Balaban J connectivity index is 2.42. The van der Waals surface area contributed by atoms with Gasteiger partial charge in [-0.2, -0.15) is 0 Å². The maximum absolute atomic E-state index is 11.1. The van der Waals surface area contributed by atoms with Crippen LogP contribution >= 0.6 is 0 Å². The summed E-state index contributed by atoms with van der Waals surface area (Å²) in [6, 6.07) is 4.67. The summed E-state index contributed by atoms with van der Waals surface area (Å²) in [5, 5.41) is 10.8. The molecule has 1 aromatic rings. The van der Waals surface area contributed by atoms with Crippen molar-refractivity contribution in [2.75, 3.05) is 18.0 Å². The van der Waals surface area contributed by atoms with Gasteiger partial charge < -0.3 is 10.0 Å². The Morgan fingerprint density at radius 3 is 2.56 bits per heavy atom. The monoisotopic (exact) mass is 221 g/mol. The van der Waals surface area contributed by atoms with Crippen LogP contribution in [-0.2, 0) is 0 Å². The van der Waals surface area contributed by atoms with Gasteiger partial charge in [0, 0.05) is 35.3 Å². The minimum absolute atomic E-state index is 0.183. The van der Waals surface area contributed by atoms with E-state index in [1.807, 2.05) is 4.90 Å². The first-order valence-corrected chi connectivity index (χ1v) is 5.23. The second kappa shape index (κ2) is 4.30. The predicted molar refractivity (Wildman–Crippen MR) is 58.8 cm³/mol. The smallest absolute Gasteiger partial charge is 0.338 e. The molecule has 0 spiro atoms. The number of hydrogen-bond acceptors (Lipinski definition) is 3. The minimum Gasteiger partial charge on any atom is -0.478 e. The Morgan fingerprint density at radius 2 is 2.00 bits per heavy atom. The lowest BCUT2D eigenvalue weighted by molar-refractivity contribution is -0.379. The summed E-state index contributed by atoms with van der Waals surface area (Å²) < 4.78 is 0. The van der Waals surface area contributed by atoms with Gasteiger partial charge in [-0.1, -0.05) is 0 Å². The standard InChI is InChI=1S/C11H12N2O3/c14-11(15)9-7-8(12-16)3-4-10(9)13-5-1-2-6-13/h3-4,7H,1-2,5-6H2,(H,14,15)/p+1. The fourth-order valence-electron chi connectivity index (χ4n) is 2.00. The van der Waals surface area contributed by atoms with Crippen molar-refractivity contribution in [2.24, 2.45) is 0 Å². The van der Waals surface area contributed by atoms with Gasteiger partial charge in [0.05, 0.1) is 11.3 Å². The van der Waals surface area contributed by atoms with Crippen molar-refractivity contribution in [3.8, 4) is 0 Å². The van der Waals surface area contributed by atoms with Gasteiger partial charge in [0.2, 0.25) is 0 Å². The third kappa shape index (κ3) is 1.88. The lowest BCUT2D eigenvalue weighted by atomic mass is 10.1. The molecule has 84 valence electrons. The Bertz CT molecular complexity index is 425. The van der Waals surface area contributed by atoms with E-state index >= 15 is 0 Å². The summed E-state index contributed by atoms with van der Waals surface area (Å²) in [4.78, 5) is 23.6. The van der Waals surface area contributed by atoms with E-state index in [0.717, 1.165) is 25.9 Å². The molecule has 0 aliphatic carbocycles. The molecule has 16 heavy (non-hydrogen) atoms. The first-order valence-electron chi connectivity index (χ1n) is 5.23. The molecule has 0 radical (unpaired) electrons. The highest BCUT2D eigenvalue weighted by Gasteiger charge is 2.20. The van der Waals surface area contributed by atoms with Crippen LogP contribution in [0.25, 0.3) is 0 Å². The number of carbonyl (C=O) groups is 1. The number of anilines is 1. The average Bonchev–Trinajstić information content (AvgIpc) is 2.81. The molecule has 1 heterocycles. The minimum atomic E-state index is -1.00. The first kappa shape index (κ1) is 10.6. The van der Waals surface area contributed by atoms with Crippen molar-refractivity contribution in [1.82, 2.24) is 0 Å². The van der Waals surface area contributed by atoms with Crippen LogP contribution in [0.1, 0.15) is 23.2 Å². The van der Waals surface area contributed by atoms with Crippen LogP contribution in [-0.4, -0.2) is 24.2 Å². The Labute approximate surface area is 92.7 Å². The lowest BCUT2D eigenvalue weighted by Crippen LogP contribution is -2.55. The number of rotatable bonds is 3. The number of aromatic carboxylic acids is 1. The summed E-state index contributed by atoms with van der Waals surface area (Å²) in [5.41, 5.74) is 1.16. The van der Waals surface area contributed by atoms with E-state index < -0.39 is 5.97 Å². The van der Waals surface area contributed by atoms with Gasteiger partial charge in [-0.3, -0.25) is 0 Å². The van der Waals surface area contributed by atoms with Crippen LogP contribution in [0.4, 0.5) is 11.4 Å². The Kier molecular flexibility index (Phi) is 2.85. The average molecular weight is 221 g/mol. The van der Waals surface area contributed by atoms with Crippen molar-refractivity contribution in [2.45, 2.75) is 12.8 Å². The molecule has 1 fully saturated rings. The molecule has 2 N–H and O–H groups in total. The zero-order chi connectivity index (χ0) is 11.5. The summed E-state index contributed by atoms with van der Waals surface area (Å²) in [6.45, 7) is 1.76. The summed E-state index contributed by atoms with van der Waals surface area (Å²) in [6.07, 6.45) is 2.17. The maximum Gasteiger partial charge on any atom is 0.338 e. The van der Waals surface area contributed by atoms with Gasteiger partial charge in [-0.15, -0.1) is 0 Å². The van der Waals surface area contributed by atoms with Crippen LogP contribution in [0, 0.1) is 4.91 Å². The van der Waals surface area contributed by atoms with E-state index in [1.165, 1.54) is 6.07 Å². The van der Waals surface area contributed by atoms with Gasteiger partial charge in [0.25, 0.3) is 5.69 Å². The Morgan fingerprint density at radius 1 is 1.31 bits per heavy atom. The topological polar surface area (TPSA) is 71.6 Å². The van der Waals surface area contributed by atoms with E-state index in [9.17, 15) is 9.70 Å². The lowest BCUT2D eigenvalue weighted by Gasteiger charge is -2.19. The van der Waals surface area contributed by atoms with Crippen LogP contribution in [0.3, 0.4) is 0 Å². The van der Waals surface area contributed by atoms with Crippen LogP contribution < -0.4 is 10.1 Å². The van der Waals surface area contributed by atoms with Crippen molar-refractivity contribution in [3.05, 3.63) is 28.7 Å². The number of nitrogens with one attached hydrogen (secondary N) is 1. The van der Waals surface area contributed by atoms with Crippen LogP contribution in [0.15, 0.2) is 18.2 Å². The fourth-order valence-corrected chi connectivity index (χ4v) is 2.00. The van der Waals surface area contributed by atoms with E-state index in [1.54, 1.807) is 17.3 Å². The second-order valence-electron chi connectivity index (χ2n) is 3.83. The molecule has 1 aliphatic heterocycles. The summed E-state index contributed by atoms with van der Waals surface area (Å²) in [7, 11) is 0. The molecule has 0 aromatic heterocycles. The summed E-state index contributed by atoms with van der Waals surface area (Å²) >= 11 is 0. The molecule has 5 nitrogen and oxygen atoms in total. The van der Waals surface area contributed by atoms with E-state index in [-0.39, 0.29) is 11.3 Å².